The predicted octanol–water partition coefficient (Wildman–Crippen LogP) is 4.13. The largest absolute Gasteiger partial charge is 0.325 e. The van der Waals surface area contributed by atoms with Crippen molar-refractivity contribution in [2.75, 3.05) is 27.1 Å². The van der Waals surface area contributed by atoms with Crippen molar-refractivity contribution in [1.82, 2.24) is 0 Å². The van der Waals surface area contributed by atoms with E-state index in [1.54, 1.807) is 31.2 Å². The molecule has 0 heterocycles. The lowest BCUT2D eigenvalue weighted by molar-refractivity contribution is -0.114. The Morgan fingerprint density at radius 1 is 0.800 bits per heavy atom. The van der Waals surface area contributed by atoms with Gasteiger partial charge in [0, 0.05) is 11.4 Å². The summed E-state index contributed by atoms with van der Waals surface area (Å²) < 4.78 is 53.9. The van der Waals surface area contributed by atoms with Crippen molar-refractivity contribution in [1.29, 1.82) is 0 Å². The lowest BCUT2D eigenvalue weighted by atomic mass is 10.1. The molecular formula is C25H29N3O5S2. The fraction of sp³-hybridized carbons (Fsp3) is 0.240. The van der Waals surface area contributed by atoms with E-state index in [2.05, 4.69) is 10.0 Å². The molecule has 1 amide bonds. The molecular weight excluding hydrogens is 486 g/mol. The maximum Gasteiger partial charge on any atom is 0.261 e. The molecule has 2 N–H and O–H groups in total. The van der Waals surface area contributed by atoms with Gasteiger partial charge in [-0.25, -0.2) is 16.8 Å². The number of sulfonamides is 2. The summed E-state index contributed by atoms with van der Waals surface area (Å²) in [5, 5.41) is 2.63. The molecule has 0 saturated carbocycles. The fourth-order valence-electron chi connectivity index (χ4n) is 3.45. The minimum atomic E-state index is -3.82. The number of nitrogens with one attached hydrogen (secondary N) is 2. The minimum Gasteiger partial charge on any atom is -0.325 e. The number of carbonyl (C=O) groups excluding carboxylic acids is 1. The molecule has 3 aromatic carbocycles. The van der Waals surface area contributed by atoms with E-state index in [-0.39, 0.29) is 4.90 Å². The molecule has 0 aliphatic heterocycles. The van der Waals surface area contributed by atoms with Crippen LogP contribution in [0.5, 0.6) is 0 Å². The molecule has 0 saturated heterocycles. The molecule has 3 rings (SSSR count). The molecule has 0 bridgehead atoms. The number of hydrogen-bond acceptors (Lipinski definition) is 5. The van der Waals surface area contributed by atoms with Gasteiger partial charge in [0.1, 0.15) is 6.54 Å². The van der Waals surface area contributed by atoms with E-state index >= 15 is 0 Å². The van der Waals surface area contributed by atoms with Gasteiger partial charge in [-0.2, -0.15) is 0 Å². The average Bonchev–Trinajstić information content (AvgIpc) is 2.76. The predicted molar refractivity (Wildman–Crippen MR) is 140 cm³/mol. The molecule has 0 fully saturated rings. The summed E-state index contributed by atoms with van der Waals surface area (Å²) in [7, 11) is -7.54. The van der Waals surface area contributed by atoms with Gasteiger partial charge in [-0.15, -0.1) is 0 Å². The maximum absolute atomic E-state index is 12.7. The topological polar surface area (TPSA) is 113 Å². The zero-order valence-electron chi connectivity index (χ0n) is 20.3. The summed E-state index contributed by atoms with van der Waals surface area (Å²) in [6.07, 6.45) is 1.05. The third-order valence-corrected chi connectivity index (χ3v) is 8.26. The summed E-state index contributed by atoms with van der Waals surface area (Å²) in [4.78, 5) is 12.7. The van der Waals surface area contributed by atoms with Crippen LogP contribution >= 0.6 is 0 Å². The van der Waals surface area contributed by atoms with Crippen LogP contribution in [0.1, 0.15) is 22.3 Å². The van der Waals surface area contributed by atoms with E-state index in [9.17, 15) is 21.6 Å². The molecule has 3 aromatic rings. The monoisotopic (exact) mass is 515 g/mol. The van der Waals surface area contributed by atoms with Gasteiger partial charge in [0.2, 0.25) is 15.9 Å². The van der Waals surface area contributed by atoms with Gasteiger partial charge in [-0.1, -0.05) is 18.2 Å². The molecule has 0 aromatic heterocycles. The number of aryl methyl sites for hydroxylation is 3. The molecule has 0 aliphatic rings. The van der Waals surface area contributed by atoms with E-state index in [4.69, 9.17) is 0 Å². The van der Waals surface area contributed by atoms with Crippen molar-refractivity contribution >= 4 is 43.0 Å². The van der Waals surface area contributed by atoms with E-state index in [1.807, 2.05) is 32.9 Å². The summed E-state index contributed by atoms with van der Waals surface area (Å²) >= 11 is 0. The molecule has 0 unspecified atom stereocenters. The van der Waals surface area contributed by atoms with Gasteiger partial charge in [-0.3, -0.25) is 13.8 Å². The van der Waals surface area contributed by atoms with E-state index in [1.165, 1.54) is 24.3 Å². The van der Waals surface area contributed by atoms with Crippen molar-refractivity contribution < 1.29 is 21.6 Å². The van der Waals surface area contributed by atoms with Crippen LogP contribution < -0.4 is 14.3 Å². The smallest absolute Gasteiger partial charge is 0.261 e. The highest BCUT2D eigenvalue weighted by atomic mass is 32.2. The summed E-state index contributed by atoms with van der Waals surface area (Å²) in [6.45, 7) is 7.08. The number of hydrogen-bond donors (Lipinski definition) is 2. The number of rotatable bonds is 8. The van der Waals surface area contributed by atoms with Crippen molar-refractivity contribution in [3.8, 4) is 0 Å². The number of amides is 1. The Balaban J connectivity index is 1.74. The minimum absolute atomic E-state index is 0.0295. The van der Waals surface area contributed by atoms with Gasteiger partial charge < -0.3 is 5.32 Å². The van der Waals surface area contributed by atoms with Crippen LogP contribution in [-0.4, -0.2) is 35.5 Å². The standard InChI is InChI=1S/C25H29N3O5S2/c1-17-9-10-22(15-19(17)3)27-35(32,33)23-13-11-21(12-14-23)26-25(29)16-28(34(5,30)31)24-8-6-7-18(2)20(24)4/h6-15,27H,16H2,1-5H3,(H,26,29). The molecule has 35 heavy (non-hydrogen) atoms. The average molecular weight is 516 g/mol. The summed E-state index contributed by atoms with van der Waals surface area (Å²) in [5.41, 5.74) is 4.92. The zero-order chi connectivity index (χ0) is 26.0. The first-order valence-electron chi connectivity index (χ1n) is 10.8. The molecule has 10 heteroatoms. The molecule has 0 radical (unpaired) electrons. The van der Waals surface area contributed by atoms with Gasteiger partial charge >= 0.3 is 0 Å². The molecule has 0 atom stereocenters. The molecule has 186 valence electrons. The third-order valence-electron chi connectivity index (χ3n) is 5.74. The fourth-order valence-corrected chi connectivity index (χ4v) is 5.41. The van der Waals surface area contributed by atoms with Crippen LogP contribution in [0.3, 0.4) is 0 Å². The molecule has 8 nitrogen and oxygen atoms in total. The van der Waals surface area contributed by atoms with Crippen LogP contribution in [0.2, 0.25) is 0 Å². The van der Waals surface area contributed by atoms with Crippen LogP contribution in [0.15, 0.2) is 65.6 Å². The first-order valence-corrected chi connectivity index (χ1v) is 14.1. The Morgan fingerprint density at radius 3 is 2.03 bits per heavy atom. The second kappa shape index (κ2) is 10.1. The first-order chi connectivity index (χ1) is 16.3. The molecule has 0 aliphatic carbocycles. The highest BCUT2D eigenvalue weighted by molar-refractivity contribution is 7.92. The number of nitrogens with zero attached hydrogens (tertiary/aromatic N) is 1. The van der Waals surface area contributed by atoms with Gasteiger partial charge in [0.25, 0.3) is 10.0 Å². The van der Waals surface area contributed by atoms with Crippen LogP contribution in [0.4, 0.5) is 17.1 Å². The Labute approximate surface area is 207 Å². The number of carbonyl (C=O) groups is 1. The second-order valence-corrected chi connectivity index (χ2v) is 12.1. The van der Waals surface area contributed by atoms with Gasteiger partial charge in [-0.05, 0) is 92.4 Å². The van der Waals surface area contributed by atoms with Gasteiger partial charge in [0.15, 0.2) is 0 Å². The highest BCUT2D eigenvalue weighted by Gasteiger charge is 2.23. The Morgan fingerprint density at radius 2 is 1.43 bits per heavy atom. The van der Waals surface area contributed by atoms with E-state index in [0.29, 0.717) is 17.1 Å². The lowest BCUT2D eigenvalue weighted by Gasteiger charge is -2.24. The second-order valence-electron chi connectivity index (χ2n) is 8.47. The van der Waals surface area contributed by atoms with Crippen molar-refractivity contribution in [3.63, 3.8) is 0 Å². The first kappa shape index (κ1) is 26.2. The highest BCUT2D eigenvalue weighted by Crippen LogP contribution is 2.25. The molecule has 0 spiro atoms. The van der Waals surface area contributed by atoms with E-state index in [0.717, 1.165) is 32.8 Å². The Bertz CT molecular complexity index is 1470. The van der Waals surface area contributed by atoms with Crippen LogP contribution in [0.25, 0.3) is 0 Å². The van der Waals surface area contributed by atoms with Crippen LogP contribution in [-0.2, 0) is 24.8 Å². The lowest BCUT2D eigenvalue weighted by Crippen LogP contribution is -2.38. The van der Waals surface area contributed by atoms with Crippen molar-refractivity contribution in [2.45, 2.75) is 32.6 Å². The normalized spacial score (nSPS) is 11.7. The summed E-state index contributed by atoms with van der Waals surface area (Å²) in [6, 6.07) is 16.2. The maximum atomic E-state index is 12.7. The number of benzene rings is 3. The van der Waals surface area contributed by atoms with E-state index < -0.39 is 32.5 Å². The Kier molecular flexibility index (Phi) is 7.56. The number of anilines is 3. The van der Waals surface area contributed by atoms with Crippen LogP contribution in [0, 0.1) is 27.7 Å². The quantitative estimate of drug-likeness (QED) is 0.469. The van der Waals surface area contributed by atoms with Crippen molar-refractivity contribution in [2.24, 2.45) is 0 Å². The zero-order valence-corrected chi connectivity index (χ0v) is 21.9. The third kappa shape index (κ3) is 6.40. The van der Waals surface area contributed by atoms with Crippen molar-refractivity contribution in [3.05, 3.63) is 82.9 Å². The Hall–Kier alpha value is -3.37. The van der Waals surface area contributed by atoms with Gasteiger partial charge in [0.05, 0.1) is 16.8 Å². The summed E-state index contributed by atoms with van der Waals surface area (Å²) in [5.74, 6) is -0.555. The SMILES string of the molecule is Cc1ccc(NS(=O)(=O)c2ccc(NC(=O)CN(c3cccc(C)c3C)S(C)(=O)=O)cc2)cc1C.